The third-order valence-electron chi connectivity index (χ3n) is 4.90. The molecule has 0 bridgehead atoms. The fourth-order valence-corrected chi connectivity index (χ4v) is 3.29. The maximum atomic E-state index is 11.9. The zero-order valence-electron chi connectivity index (χ0n) is 17.6. The van der Waals surface area contributed by atoms with E-state index in [1.165, 1.54) is 0 Å². The van der Waals surface area contributed by atoms with E-state index in [0.717, 1.165) is 48.1 Å². The van der Waals surface area contributed by atoms with E-state index in [2.05, 4.69) is 52.8 Å². The maximum Gasteiger partial charge on any atom is 0.222 e. The smallest absolute Gasteiger partial charge is 0.222 e. The Labute approximate surface area is 172 Å². The summed E-state index contributed by atoms with van der Waals surface area (Å²) in [6.07, 6.45) is 1.63. The van der Waals surface area contributed by atoms with E-state index in [4.69, 9.17) is 4.52 Å². The Balaban J connectivity index is 1.58. The summed E-state index contributed by atoms with van der Waals surface area (Å²) in [5, 5.41) is 10.6. The molecule has 0 unspecified atom stereocenters. The summed E-state index contributed by atoms with van der Waals surface area (Å²) in [7, 11) is 0. The quantitative estimate of drug-likeness (QED) is 0.528. The number of rotatable bonds is 8. The van der Waals surface area contributed by atoms with Crippen LogP contribution in [0.1, 0.15) is 62.1 Å². The number of carbonyl (C=O) groups excluding carboxylic acids is 1. The van der Waals surface area contributed by atoms with Crippen LogP contribution in [0.5, 0.6) is 0 Å². The lowest BCUT2D eigenvalue weighted by Crippen LogP contribution is -2.36. The van der Waals surface area contributed by atoms with E-state index in [0.29, 0.717) is 32.0 Å². The number of guanidine groups is 1. The molecule has 1 saturated heterocycles. The van der Waals surface area contributed by atoms with Crippen LogP contribution in [0.2, 0.25) is 0 Å². The second-order valence-electron chi connectivity index (χ2n) is 7.66. The Morgan fingerprint density at radius 3 is 2.79 bits per heavy atom. The molecule has 2 heterocycles. The third kappa shape index (κ3) is 6.07. The van der Waals surface area contributed by atoms with Crippen LogP contribution in [0.25, 0.3) is 0 Å². The van der Waals surface area contributed by atoms with Gasteiger partial charge in [-0.05, 0) is 30.4 Å². The maximum absolute atomic E-state index is 11.9. The molecule has 0 aliphatic carbocycles. The molecule has 0 spiro atoms. The number of benzene rings is 1. The number of nitrogens with one attached hydrogen (secondary N) is 2. The van der Waals surface area contributed by atoms with E-state index >= 15 is 0 Å². The molecule has 0 saturated carbocycles. The van der Waals surface area contributed by atoms with Gasteiger partial charge in [-0.3, -0.25) is 4.79 Å². The molecule has 2 aromatic rings. The Hall–Kier alpha value is -2.83. The fourth-order valence-electron chi connectivity index (χ4n) is 3.29. The van der Waals surface area contributed by atoms with Crippen LogP contribution in [-0.4, -0.2) is 35.0 Å². The van der Waals surface area contributed by atoms with Crippen LogP contribution in [0.15, 0.2) is 39.8 Å². The normalized spacial score (nSPS) is 14.7. The van der Waals surface area contributed by atoms with Gasteiger partial charge in [0, 0.05) is 32.1 Å². The number of amides is 1. The molecule has 29 heavy (non-hydrogen) atoms. The number of hydrogen-bond donors (Lipinski definition) is 2. The highest BCUT2D eigenvalue weighted by molar-refractivity contribution is 5.79. The second kappa shape index (κ2) is 10.1. The van der Waals surface area contributed by atoms with Gasteiger partial charge in [0.1, 0.15) is 0 Å². The van der Waals surface area contributed by atoms with Gasteiger partial charge in [-0.25, -0.2) is 4.99 Å². The average Bonchev–Trinajstić information content (AvgIpc) is 3.34. The molecule has 1 aromatic carbocycles. The summed E-state index contributed by atoms with van der Waals surface area (Å²) >= 11 is 0. The molecule has 1 fully saturated rings. The minimum absolute atomic E-state index is 0.250. The van der Waals surface area contributed by atoms with Crippen molar-refractivity contribution in [1.29, 1.82) is 0 Å². The SMILES string of the molecule is CCNC(=NCc1cccc(CN2CCCC2=O)c1)NCc1cc(C(C)C)no1. The van der Waals surface area contributed by atoms with Crippen molar-refractivity contribution in [2.75, 3.05) is 13.1 Å². The van der Waals surface area contributed by atoms with E-state index in [-0.39, 0.29) is 5.91 Å². The Bertz CT molecular complexity index is 843. The van der Waals surface area contributed by atoms with Crippen molar-refractivity contribution in [2.24, 2.45) is 4.99 Å². The molecule has 3 rings (SSSR count). The molecule has 7 heteroatoms. The van der Waals surface area contributed by atoms with Gasteiger partial charge in [-0.15, -0.1) is 0 Å². The lowest BCUT2D eigenvalue weighted by Gasteiger charge is -2.16. The van der Waals surface area contributed by atoms with Crippen LogP contribution in [-0.2, 0) is 24.4 Å². The number of aromatic nitrogens is 1. The van der Waals surface area contributed by atoms with Gasteiger partial charge in [0.2, 0.25) is 5.91 Å². The van der Waals surface area contributed by atoms with Crippen LogP contribution in [0.3, 0.4) is 0 Å². The van der Waals surface area contributed by atoms with Crippen molar-refractivity contribution in [3.63, 3.8) is 0 Å². The fraction of sp³-hybridized carbons (Fsp3) is 0.500. The van der Waals surface area contributed by atoms with Crippen molar-refractivity contribution in [2.45, 2.75) is 59.2 Å². The summed E-state index contributed by atoms with van der Waals surface area (Å²) < 4.78 is 5.38. The second-order valence-corrected chi connectivity index (χ2v) is 7.66. The molecule has 1 amide bonds. The summed E-state index contributed by atoms with van der Waals surface area (Å²) in [5.41, 5.74) is 3.22. The van der Waals surface area contributed by atoms with Crippen molar-refractivity contribution >= 4 is 11.9 Å². The zero-order valence-corrected chi connectivity index (χ0v) is 17.6. The van der Waals surface area contributed by atoms with E-state index in [1.54, 1.807) is 0 Å². The molecule has 2 N–H and O–H groups in total. The summed E-state index contributed by atoms with van der Waals surface area (Å²) in [6, 6.07) is 10.3. The predicted molar refractivity (Wildman–Crippen MR) is 113 cm³/mol. The molecule has 156 valence electrons. The lowest BCUT2D eigenvalue weighted by molar-refractivity contribution is -0.128. The lowest BCUT2D eigenvalue weighted by atomic mass is 10.1. The molecule has 1 aromatic heterocycles. The minimum atomic E-state index is 0.250. The van der Waals surface area contributed by atoms with Crippen LogP contribution >= 0.6 is 0 Å². The number of likely N-dealkylation sites (tertiary alicyclic amines) is 1. The highest BCUT2D eigenvalue weighted by Gasteiger charge is 2.19. The Kier molecular flexibility index (Phi) is 7.27. The van der Waals surface area contributed by atoms with Crippen molar-refractivity contribution in [3.05, 3.63) is 52.9 Å². The molecular formula is C22H31N5O2. The largest absolute Gasteiger partial charge is 0.359 e. The predicted octanol–water partition coefficient (Wildman–Crippen LogP) is 3.18. The van der Waals surface area contributed by atoms with Crippen LogP contribution < -0.4 is 10.6 Å². The molecule has 1 aliphatic rings. The summed E-state index contributed by atoms with van der Waals surface area (Å²) in [5.74, 6) is 2.12. The van der Waals surface area contributed by atoms with Gasteiger partial charge in [-0.2, -0.15) is 0 Å². The highest BCUT2D eigenvalue weighted by Crippen LogP contribution is 2.16. The molecule has 0 radical (unpaired) electrons. The topological polar surface area (TPSA) is 82.8 Å². The summed E-state index contributed by atoms with van der Waals surface area (Å²) in [6.45, 7) is 9.62. The van der Waals surface area contributed by atoms with Crippen molar-refractivity contribution in [1.82, 2.24) is 20.7 Å². The number of nitrogens with zero attached hydrogens (tertiary/aromatic N) is 3. The first-order valence-corrected chi connectivity index (χ1v) is 10.4. The van der Waals surface area contributed by atoms with E-state index < -0.39 is 0 Å². The molecule has 0 atom stereocenters. The number of hydrogen-bond acceptors (Lipinski definition) is 4. The van der Waals surface area contributed by atoms with Gasteiger partial charge in [0.25, 0.3) is 0 Å². The zero-order chi connectivity index (χ0) is 20.6. The average molecular weight is 398 g/mol. The third-order valence-corrected chi connectivity index (χ3v) is 4.90. The van der Waals surface area contributed by atoms with Gasteiger partial charge < -0.3 is 20.1 Å². The Morgan fingerprint density at radius 2 is 2.10 bits per heavy atom. The number of carbonyl (C=O) groups is 1. The number of aliphatic imine (C=N–C) groups is 1. The first kappa shape index (κ1) is 20.9. The van der Waals surface area contributed by atoms with Crippen LogP contribution in [0, 0.1) is 0 Å². The van der Waals surface area contributed by atoms with E-state index in [1.807, 2.05) is 24.0 Å². The summed E-state index contributed by atoms with van der Waals surface area (Å²) in [4.78, 5) is 18.5. The van der Waals surface area contributed by atoms with Gasteiger partial charge in [0.15, 0.2) is 11.7 Å². The van der Waals surface area contributed by atoms with Crippen LogP contribution in [0.4, 0.5) is 0 Å². The standard InChI is InChI=1S/C22H31N5O2/c1-4-23-22(25-14-19-12-20(16(2)3)26-29-19)24-13-17-7-5-8-18(11-17)15-27-10-6-9-21(27)28/h5,7-8,11-12,16H,4,6,9-10,13-15H2,1-3H3,(H2,23,24,25). The monoisotopic (exact) mass is 397 g/mol. The minimum Gasteiger partial charge on any atom is -0.359 e. The highest BCUT2D eigenvalue weighted by atomic mass is 16.5. The molecule has 7 nitrogen and oxygen atoms in total. The first-order chi connectivity index (χ1) is 14.0. The first-order valence-electron chi connectivity index (χ1n) is 10.4. The van der Waals surface area contributed by atoms with Gasteiger partial charge in [-0.1, -0.05) is 43.3 Å². The van der Waals surface area contributed by atoms with Crippen molar-refractivity contribution < 1.29 is 9.32 Å². The van der Waals surface area contributed by atoms with E-state index in [9.17, 15) is 4.79 Å². The Morgan fingerprint density at radius 1 is 1.28 bits per heavy atom. The molecule has 1 aliphatic heterocycles. The van der Waals surface area contributed by atoms with Crippen molar-refractivity contribution in [3.8, 4) is 0 Å². The molecular weight excluding hydrogens is 366 g/mol. The van der Waals surface area contributed by atoms with Gasteiger partial charge in [0.05, 0.1) is 18.8 Å². The van der Waals surface area contributed by atoms with Gasteiger partial charge >= 0.3 is 0 Å².